The Bertz CT molecular complexity index is 1150. The molecule has 154 valence electrons. The number of nitrogens with two attached hydrogens (primary N) is 1. The summed E-state index contributed by atoms with van der Waals surface area (Å²) in [6, 6.07) is 9.37. The van der Waals surface area contributed by atoms with E-state index in [2.05, 4.69) is 46.9 Å². The van der Waals surface area contributed by atoms with Gasteiger partial charge < -0.3 is 10.5 Å². The minimum absolute atomic E-state index is 0.0700. The molecule has 0 saturated carbocycles. The molecule has 8 heteroatoms. The van der Waals surface area contributed by atoms with Crippen LogP contribution in [0.5, 0.6) is 0 Å². The lowest BCUT2D eigenvalue weighted by atomic mass is 9.97. The van der Waals surface area contributed by atoms with Gasteiger partial charge in [0.25, 0.3) is 0 Å². The van der Waals surface area contributed by atoms with E-state index in [9.17, 15) is 5.26 Å². The van der Waals surface area contributed by atoms with E-state index in [1.807, 2.05) is 18.2 Å². The van der Waals surface area contributed by atoms with Gasteiger partial charge in [-0.2, -0.15) is 5.26 Å². The van der Waals surface area contributed by atoms with Crippen LogP contribution in [0.2, 0.25) is 0 Å². The minimum Gasteiger partial charge on any atom is -0.404 e. The summed E-state index contributed by atoms with van der Waals surface area (Å²) in [5.74, 6) is 0.588. The number of nitriles is 1. The molecule has 0 saturated heterocycles. The van der Waals surface area contributed by atoms with Crippen LogP contribution in [0, 0.1) is 16.7 Å². The van der Waals surface area contributed by atoms with Crippen molar-refractivity contribution in [2.45, 2.75) is 27.4 Å². The number of nitrogens with zero attached hydrogens (tertiary/aromatic N) is 6. The predicted octanol–water partition coefficient (Wildman–Crippen LogP) is 3.23. The molecule has 8 nitrogen and oxygen atoms in total. The van der Waals surface area contributed by atoms with E-state index >= 15 is 0 Å². The van der Waals surface area contributed by atoms with Gasteiger partial charge in [-0.15, -0.1) is 5.10 Å². The Morgan fingerprint density at radius 2 is 2.10 bits per heavy atom. The molecular weight excluding hydrogens is 378 g/mol. The van der Waals surface area contributed by atoms with E-state index in [1.165, 1.54) is 6.20 Å². The van der Waals surface area contributed by atoms with Gasteiger partial charge in [-0.1, -0.05) is 20.8 Å². The number of allylic oxidation sites excluding steroid dienone is 1. The Morgan fingerprint density at radius 1 is 1.30 bits per heavy atom. The molecule has 0 aliphatic rings. The zero-order valence-corrected chi connectivity index (χ0v) is 17.6. The maximum atomic E-state index is 9.34. The molecule has 0 aliphatic carbocycles. The minimum atomic E-state index is 0.0700. The number of hydrogen-bond acceptors (Lipinski definition) is 7. The molecule has 0 unspecified atom stereocenters. The van der Waals surface area contributed by atoms with Crippen molar-refractivity contribution in [1.82, 2.24) is 19.6 Å². The van der Waals surface area contributed by atoms with Crippen molar-refractivity contribution in [1.29, 1.82) is 5.26 Å². The standard InChI is InChI=1S/C22H25N7O/c1-22(2,3)14-25-12-16(10-23)18-6-5-17(11-24)26-21(18)15-7-8-29-20(9-15)27-19(28-29)13-30-4/h5-10,12H,13-14,23H2,1-4H3. The molecule has 0 spiro atoms. The van der Waals surface area contributed by atoms with Crippen molar-refractivity contribution in [3.63, 3.8) is 0 Å². The summed E-state index contributed by atoms with van der Waals surface area (Å²) in [4.78, 5) is 13.5. The molecule has 0 amide bonds. The number of hydrogen-bond donors (Lipinski definition) is 1. The molecule has 0 bridgehead atoms. The highest BCUT2D eigenvalue weighted by atomic mass is 16.5. The topological polar surface area (TPSA) is 114 Å². The van der Waals surface area contributed by atoms with Crippen LogP contribution in [0.4, 0.5) is 0 Å². The summed E-state index contributed by atoms with van der Waals surface area (Å²) in [6.45, 7) is 7.36. The summed E-state index contributed by atoms with van der Waals surface area (Å²) < 4.78 is 6.78. The van der Waals surface area contributed by atoms with Gasteiger partial charge in [-0.25, -0.2) is 14.5 Å². The van der Waals surface area contributed by atoms with Gasteiger partial charge in [0, 0.05) is 49.0 Å². The highest BCUT2D eigenvalue weighted by Gasteiger charge is 2.14. The van der Waals surface area contributed by atoms with E-state index in [4.69, 9.17) is 10.5 Å². The molecular formula is C22H25N7O. The van der Waals surface area contributed by atoms with Gasteiger partial charge in [0.1, 0.15) is 18.4 Å². The van der Waals surface area contributed by atoms with Crippen molar-refractivity contribution in [3.05, 3.63) is 53.7 Å². The Kier molecular flexibility index (Phi) is 6.23. The van der Waals surface area contributed by atoms with Gasteiger partial charge in [-0.05, 0) is 29.7 Å². The maximum absolute atomic E-state index is 9.34. The molecule has 3 aromatic rings. The van der Waals surface area contributed by atoms with Gasteiger partial charge >= 0.3 is 0 Å². The molecule has 3 rings (SSSR count). The number of aliphatic imine (C=N–C) groups is 1. The second kappa shape index (κ2) is 8.84. The molecule has 30 heavy (non-hydrogen) atoms. The third kappa shape index (κ3) is 4.88. The maximum Gasteiger partial charge on any atom is 0.177 e. The van der Waals surface area contributed by atoms with E-state index in [0.29, 0.717) is 36.0 Å². The van der Waals surface area contributed by atoms with Gasteiger partial charge in [0.2, 0.25) is 0 Å². The lowest BCUT2D eigenvalue weighted by Gasteiger charge is -2.14. The molecule has 0 aromatic carbocycles. The molecule has 0 aliphatic heterocycles. The fourth-order valence-corrected chi connectivity index (χ4v) is 2.86. The quantitative estimate of drug-likeness (QED) is 0.632. The first-order valence-corrected chi connectivity index (χ1v) is 9.52. The average molecular weight is 403 g/mol. The Hall–Kier alpha value is -3.57. The number of fused-ring (bicyclic) bond motifs is 1. The smallest absolute Gasteiger partial charge is 0.177 e. The SMILES string of the molecule is COCc1nc2cc(-c3nc(C#N)ccc3C(C=NCC(C)(C)C)=CN)ccn2n1. The largest absolute Gasteiger partial charge is 0.404 e. The third-order valence-corrected chi connectivity index (χ3v) is 4.22. The normalized spacial score (nSPS) is 12.6. The van der Waals surface area contributed by atoms with Crippen LogP contribution in [-0.2, 0) is 11.3 Å². The van der Waals surface area contributed by atoms with Crippen LogP contribution in [-0.4, -0.2) is 39.5 Å². The molecule has 2 N–H and O–H groups in total. The zero-order chi connectivity index (χ0) is 21.7. The van der Waals surface area contributed by atoms with Gasteiger partial charge in [0.05, 0.1) is 5.69 Å². The summed E-state index contributed by atoms with van der Waals surface area (Å²) >= 11 is 0. The first kappa shape index (κ1) is 21.1. The summed E-state index contributed by atoms with van der Waals surface area (Å²) in [7, 11) is 1.60. The second-order valence-electron chi connectivity index (χ2n) is 8.04. The Morgan fingerprint density at radius 3 is 2.77 bits per heavy atom. The Labute approximate surface area is 175 Å². The number of ether oxygens (including phenoxy) is 1. The fourth-order valence-electron chi connectivity index (χ4n) is 2.86. The molecule has 0 radical (unpaired) electrons. The lowest BCUT2D eigenvalue weighted by Crippen LogP contribution is -2.09. The van der Waals surface area contributed by atoms with Crippen molar-refractivity contribution in [2.24, 2.45) is 16.1 Å². The van der Waals surface area contributed by atoms with Gasteiger partial charge in [0.15, 0.2) is 11.5 Å². The highest BCUT2D eigenvalue weighted by Crippen LogP contribution is 2.28. The van der Waals surface area contributed by atoms with E-state index in [1.54, 1.807) is 30.1 Å². The Balaban J connectivity index is 2.07. The zero-order valence-electron chi connectivity index (χ0n) is 17.6. The number of rotatable bonds is 6. The predicted molar refractivity (Wildman–Crippen MR) is 117 cm³/mol. The first-order valence-electron chi connectivity index (χ1n) is 9.52. The van der Waals surface area contributed by atoms with E-state index < -0.39 is 0 Å². The highest BCUT2D eigenvalue weighted by molar-refractivity contribution is 6.11. The number of methoxy groups -OCH3 is 1. The van der Waals surface area contributed by atoms with Crippen molar-refractivity contribution in [2.75, 3.05) is 13.7 Å². The van der Waals surface area contributed by atoms with Crippen LogP contribution in [0.1, 0.15) is 37.9 Å². The van der Waals surface area contributed by atoms with Crippen molar-refractivity contribution < 1.29 is 4.74 Å². The summed E-state index contributed by atoms with van der Waals surface area (Å²) in [5.41, 5.74) is 9.91. The van der Waals surface area contributed by atoms with Crippen molar-refractivity contribution >= 4 is 17.4 Å². The summed E-state index contributed by atoms with van der Waals surface area (Å²) in [6.07, 6.45) is 5.07. The monoisotopic (exact) mass is 403 g/mol. The molecule has 0 fully saturated rings. The van der Waals surface area contributed by atoms with Crippen LogP contribution in [0.3, 0.4) is 0 Å². The van der Waals surface area contributed by atoms with E-state index in [0.717, 1.165) is 16.7 Å². The lowest BCUT2D eigenvalue weighted by molar-refractivity contribution is 0.178. The third-order valence-electron chi connectivity index (χ3n) is 4.22. The first-order chi connectivity index (χ1) is 14.3. The molecule has 3 heterocycles. The molecule has 0 atom stereocenters. The van der Waals surface area contributed by atoms with E-state index in [-0.39, 0.29) is 5.41 Å². The summed E-state index contributed by atoms with van der Waals surface area (Å²) in [5, 5.41) is 13.7. The second-order valence-corrected chi connectivity index (χ2v) is 8.04. The van der Waals surface area contributed by atoms with Crippen molar-refractivity contribution in [3.8, 4) is 17.3 Å². The number of pyridine rings is 2. The number of aromatic nitrogens is 4. The van der Waals surface area contributed by atoms with Crippen LogP contribution in [0.15, 0.2) is 41.7 Å². The average Bonchev–Trinajstić information content (AvgIpc) is 3.12. The van der Waals surface area contributed by atoms with Crippen LogP contribution < -0.4 is 5.73 Å². The van der Waals surface area contributed by atoms with Crippen LogP contribution in [0.25, 0.3) is 22.5 Å². The van der Waals surface area contributed by atoms with Crippen LogP contribution >= 0.6 is 0 Å². The molecule has 3 aromatic heterocycles. The fraction of sp³-hybridized carbons (Fsp3) is 0.318. The van der Waals surface area contributed by atoms with Gasteiger partial charge in [-0.3, -0.25) is 4.99 Å².